The van der Waals surface area contributed by atoms with Crippen LogP contribution in [0.2, 0.25) is 0 Å². The van der Waals surface area contributed by atoms with Crippen molar-refractivity contribution in [2.24, 2.45) is 5.84 Å². The lowest BCUT2D eigenvalue weighted by molar-refractivity contribution is -0.121. The molecule has 21 heavy (non-hydrogen) atoms. The van der Waals surface area contributed by atoms with Crippen molar-refractivity contribution >= 4 is 28.7 Å². The zero-order valence-electron chi connectivity index (χ0n) is 12.2. The monoisotopic (exact) mass is 308 g/mol. The summed E-state index contributed by atoms with van der Waals surface area (Å²) in [5.41, 5.74) is 4.00. The number of hydrazine groups is 1. The van der Waals surface area contributed by atoms with Crippen LogP contribution < -0.4 is 16.0 Å². The third-order valence-corrected chi connectivity index (χ3v) is 4.05. The summed E-state index contributed by atoms with van der Waals surface area (Å²) in [7, 11) is 0. The van der Waals surface area contributed by atoms with Crippen molar-refractivity contribution in [1.29, 1.82) is 0 Å². The van der Waals surface area contributed by atoms with E-state index in [0.717, 1.165) is 28.4 Å². The average Bonchev–Trinajstić information content (AvgIpc) is 2.86. The lowest BCUT2D eigenvalue weighted by Gasteiger charge is -2.07. The summed E-state index contributed by atoms with van der Waals surface area (Å²) in [6, 6.07) is 5.80. The second-order valence-electron chi connectivity index (χ2n) is 4.69. The van der Waals surface area contributed by atoms with Gasteiger partial charge >= 0.3 is 0 Å². The van der Waals surface area contributed by atoms with Crippen molar-refractivity contribution in [3.63, 3.8) is 0 Å². The molecule has 7 heteroatoms. The number of ether oxygens (including phenoxy) is 1. The van der Waals surface area contributed by atoms with E-state index < -0.39 is 0 Å². The molecular formula is C14H20N4O2S. The number of H-pyrrole nitrogens is 1. The number of aromatic amines is 1. The Kier molecular flexibility index (Phi) is 5.46. The number of nitrogens with two attached hydrogens (primary N) is 1. The molecule has 0 aliphatic heterocycles. The van der Waals surface area contributed by atoms with Gasteiger partial charge in [0, 0.05) is 17.7 Å². The maximum atomic E-state index is 11.1. The molecule has 1 unspecified atom stereocenters. The zero-order valence-corrected chi connectivity index (χ0v) is 13.0. The van der Waals surface area contributed by atoms with Crippen LogP contribution in [-0.2, 0) is 4.79 Å². The maximum Gasteiger partial charge on any atom is 0.233 e. The lowest BCUT2D eigenvalue weighted by Crippen LogP contribution is -2.30. The molecule has 2 aromatic rings. The number of nitrogens with zero attached hydrogens (tertiary/aromatic N) is 1. The number of imidazole rings is 1. The van der Waals surface area contributed by atoms with E-state index >= 15 is 0 Å². The number of hydrogen-bond donors (Lipinski definition) is 3. The van der Waals surface area contributed by atoms with E-state index in [1.54, 1.807) is 11.8 Å². The van der Waals surface area contributed by atoms with E-state index in [0.29, 0.717) is 13.0 Å². The third kappa shape index (κ3) is 4.37. The number of carbonyl (C=O) groups excluding carboxylic acids is 1. The number of fused-ring (bicyclic) bond motifs is 1. The molecule has 0 fully saturated rings. The van der Waals surface area contributed by atoms with E-state index in [9.17, 15) is 4.79 Å². The Morgan fingerprint density at radius 2 is 2.38 bits per heavy atom. The summed E-state index contributed by atoms with van der Waals surface area (Å²) in [4.78, 5) is 18.9. The molecule has 0 saturated carbocycles. The minimum absolute atomic E-state index is 0.145. The molecule has 1 amide bonds. The van der Waals surface area contributed by atoms with Crippen LogP contribution in [0.1, 0.15) is 26.7 Å². The molecule has 1 atom stereocenters. The summed E-state index contributed by atoms with van der Waals surface area (Å²) in [6.07, 6.45) is 1.16. The maximum absolute atomic E-state index is 11.1. The topological polar surface area (TPSA) is 93.0 Å². The van der Waals surface area contributed by atoms with E-state index in [-0.39, 0.29) is 11.2 Å². The van der Waals surface area contributed by atoms with Crippen LogP contribution in [0, 0.1) is 0 Å². The molecule has 1 aromatic heterocycles. The second kappa shape index (κ2) is 7.33. The molecule has 4 N–H and O–H groups in total. The predicted molar refractivity (Wildman–Crippen MR) is 84.1 cm³/mol. The standard InChI is InChI=1S/C14H20N4O2S/c1-3-20-10-5-6-11-12(8-10)17-14(16-11)21-9(2)4-7-13(19)18-15/h5-6,8-9H,3-4,7,15H2,1-2H3,(H,16,17)(H,18,19). The minimum Gasteiger partial charge on any atom is -0.494 e. The molecule has 114 valence electrons. The minimum atomic E-state index is -0.145. The van der Waals surface area contributed by atoms with Gasteiger partial charge in [0.05, 0.1) is 17.6 Å². The normalized spacial score (nSPS) is 12.3. The van der Waals surface area contributed by atoms with E-state index in [2.05, 4.69) is 22.3 Å². The highest BCUT2D eigenvalue weighted by Crippen LogP contribution is 2.27. The van der Waals surface area contributed by atoms with Crippen molar-refractivity contribution in [2.45, 2.75) is 37.1 Å². The summed E-state index contributed by atoms with van der Waals surface area (Å²) >= 11 is 1.61. The molecule has 2 rings (SSSR count). The number of carbonyl (C=O) groups is 1. The molecule has 0 aliphatic rings. The quantitative estimate of drug-likeness (QED) is 0.316. The third-order valence-electron chi connectivity index (χ3n) is 2.99. The molecule has 0 spiro atoms. The molecule has 0 aliphatic carbocycles. The summed E-state index contributed by atoms with van der Waals surface area (Å²) in [5, 5.41) is 1.12. The molecule has 1 heterocycles. The Hall–Kier alpha value is -1.73. The van der Waals surface area contributed by atoms with Crippen molar-refractivity contribution < 1.29 is 9.53 Å². The van der Waals surface area contributed by atoms with E-state index in [4.69, 9.17) is 10.6 Å². The van der Waals surface area contributed by atoms with Gasteiger partial charge in [-0.25, -0.2) is 10.8 Å². The largest absolute Gasteiger partial charge is 0.494 e. The summed E-state index contributed by atoms with van der Waals surface area (Å²) in [6.45, 7) is 4.66. The average molecular weight is 308 g/mol. The smallest absolute Gasteiger partial charge is 0.233 e. The summed E-state index contributed by atoms with van der Waals surface area (Å²) < 4.78 is 5.47. The van der Waals surface area contributed by atoms with Crippen LogP contribution in [0.3, 0.4) is 0 Å². The number of thioether (sulfide) groups is 1. The number of benzene rings is 1. The first-order valence-electron chi connectivity index (χ1n) is 6.91. The van der Waals surface area contributed by atoms with Crippen LogP contribution in [0.4, 0.5) is 0 Å². The van der Waals surface area contributed by atoms with Gasteiger partial charge in [0.25, 0.3) is 0 Å². The van der Waals surface area contributed by atoms with Crippen LogP contribution in [-0.4, -0.2) is 27.7 Å². The number of hydrogen-bond acceptors (Lipinski definition) is 5. The van der Waals surface area contributed by atoms with Gasteiger partial charge in [-0.05, 0) is 25.5 Å². The van der Waals surface area contributed by atoms with Crippen molar-refractivity contribution in [2.75, 3.05) is 6.61 Å². The molecule has 6 nitrogen and oxygen atoms in total. The fraction of sp³-hybridized carbons (Fsp3) is 0.429. The fourth-order valence-corrected chi connectivity index (χ4v) is 2.87. The molecule has 0 radical (unpaired) electrons. The Morgan fingerprint density at radius 3 is 3.10 bits per heavy atom. The van der Waals surface area contributed by atoms with Gasteiger partial charge in [-0.2, -0.15) is 0 Å². The SMILES string of the molecule is CCOc1ccc2nc(SC(C)CCC(=O)NN)[nH]c2c1. The Labute approximate surface area is 127 Å². The number of rotatable bonds is 7. The number of amides is 1. The van der Waals surface area contributed by atoms with Gasteiger partial charge in [-0.15, -0.1) is 0 Å². The van der Waals surface area contributed by atoms with E-state index in [1.165, 1.54) is 0 Å². The van der Waals surface area contributed by atoms with Crippen LogP contribution in [0.5, 0.6) is 5.75 Å². The van der Waals surface area contributed by atoms with Crippen LogP contribution in [0.15, 0.2) is 23.4 Å². The lowest BCUT2D eigenvalue weighted by atomic mass is 10.2. The first-order chi connectivity index (χ1) is 10.1. The molecule has 1 aromatic carbocycles. The first kappa shape index (κ1) is 15.7. The van der Waals surface area contributed by atoms with Crippen molar-refractivity contribution in [1.82, 2.24) is 15.4 Å². The van der Waals surface area contributed by atoms with Gasteiger partial charge < -0.3 is 9.72 Å². The Balaban J connectivity index is 2.00. The summed E-state index contributed by atoms with van der Waals surface area (Å²) in [5.74, 6) is 5.75. The Morgan fingerprint density at radius 1 is 1.57 bits per heavy atom. The second-order valence-corrected chi connectivity index (χ2v) is 6.12. The number of nitrogens with one attached hydrogen (secondary N) is 2. The molecule has 0 bridgehead atoms. The van der Waals surface area contributed by atoms with Gasteiger partial charge in [-0.1, -0.05) is 18.7 Å². The highest BCUT2D eigenvalue weighted by Gasteiger charge is 2.11. The first-order valence-corrected chi connectivity index (χ1v) is 7.79. The van der Waals surface area contributed by atoms with Crippen molar-refractivity contribution in [3.8, 4) is 5.75 Å². The predicted octanol–water partition coefficient (Wildman–Crippen LogP) is 2.21. The van der Waals surface area contributed by atoms with Crippen LogP contribution >= 0.6 is 11.8 Å². The number of aromatic nitrogens is 2. The van der Waals surface area contributed by atoms with Gasteiger partial charge in [0.15, 0.2) is 5.16 Å². The van der Waals surface area contributed by atoms with Crippen molar-refractivity contribution in [3.05, 3.63) is 18.2 Å². The highest BCUT2D eigenvalue weighted by molar-refractivity contribution is 7.99. The highest BCUT2D eigenvalue weighted by atomic mass is 32.2. The molecule has 0 saturated heterocycles. The van der Waals surface area contributed by atoms with E-state index in [1.807, 2.05) is 25.1 Å². The van der Waals surface area contributed by atoms with Gasteiger partial charge in [0.2, 0.25) is 5.91 Å². The molecular weight excluding hydrogens is 288 g/mol. The van der Waals surface area contributed by atoms with Gasteiger partial charge in [-0.3, -0.25) is 10.2 Å². The Bertz CT molecular complexity index is 614. The fourth-order valence-electron chi connectivity index (χ4n) is 1.93. The zero-order chi connectivity index (χ0) is 15.2. The van der Waals surface area contributed by atoms with Gasteiger partial charge in [0.1, 0.15) is 5.75 Å². The van der Waals surface area contributed by atoms with Crippen LogP contribution in [0.25, 0.3) is 11.0 Å².